The van der Waals surface area contributed by atoms with Crippen molar-refractivity contribution in [3.63, 3.8) is 0 Å². The summed E-state index contributed by atoms with van der Waals surface area (Å²) in [6.45, 7) is 4.73. The van der Waals surface area contributed by atoms with Gasteiger partial charge in [-0.05, 0) is 13.3 Å². The minimum absolute atomic E-state index is 0.274. The summed E-state index contributed by atoms with van der Waals surface area (Å²) in [4.78, 5) is 25.4. The molecule has 0 aliphatic carbocycles. The maximum atomic E-state index is 11.7. The standard InChI is InChI=1S/C25H46N2O2/c1-3-4-5-6-7-8-9-10-11-12-13-14-15-16-17-18-19-20-21-27-22-23(2)24(28)26-25(27)29/h22H,3-21H2,1-2H3,(H,26,28,29). The number of hydrogen-bond donors (Lipinski definition) is 1. The Hall–Kier alpha value is -1.32. The van der Waals surface area contributed by atoms with Crippen molar-refractivity contribution < 1.29 is 0 Å². The Morgan fingerprint density at radius 2 is 1.03 bits per heavy atom. The van der Waals surface area contributed by atoms with Crippen LogP contribution in [-0.4, -0.2) is 9.55 Å². The van der Waals surface area contributed by atoms with Crippen LogP contribution in [0.2, 0.25) is 0 Å². The number of aromatic amines is 1. The molecule has 0 radical (unpaired) electrons. The molecule has 1 heterocycles. The first-order chi connectivity index (χ1) is 14.1. The molecule has 0 bridgehead atoms. The maximum absolute atomic E-state index is 11.7. The second-order valence-electron chi connectivity index (χ2n) is 8.78. The van der Waals surface area contributed by atoms with Gasteiger partial charge in [-0.15, -0.1) is 0 Å². The van der Waals surface area contributed by atoms with E-state index in [1.807, 2.05) is 0 Å². The highest BCUT2D eigenvalue weighted by Crippen LogP contribution is 2.14. The molecular weight excluding hydrogens is 360 g/mol. The number of rotatable bonds is 19. The van der Waals surface area contributed by atoms with E-state index in [4.69, 9.17) is 0 Å². The summed E-state index contributed by atoms with van der Waals surface area (Å²) in [5, 5.41) is 0. The van der Waals surface area contributed by atoms with Crippen molar-refractivity contribution in [3.8, 4) is 0 Å². The van der Waals surface area contributed by atoms with Crippen molar-refractivity contribution in [2.24, 2.45) is 0 Å². The van der Waals surface area contributed by atoms with Gasteiger partial charge in [0, 0.05) is 18.3 Å². The second-order valence-corrected chi connectivity index (χ2v) is 8.78. The average molecular weight is 407 g/mol. The minimum atomic E-state index is -0.285. The molecule has 0 amide bonds. The summed E-state index contributed by atoms with van der Waals surface area (Å²) in [5.41, 5.74) is 0.0450. The van der Waals surface area contributed by atoms with E-state index in [-0.39, 0.29) is 11.2 Å². The fraction of sp³-hybridized carbons (Fsp3) is 0.840. The predicted octanol–water partition coefficient (Wildman–Crippen LogP) is 6.89. The van der Waals surface area contributed by atoms with E-state index in [2.05, 4.69) is 11.9 Å². The number of hydrogen-bond acceptors (Lipinski definition) is 2. The number of H-pyrrole nitrogens is 1. The van der Waals surface area contributed by atoms with Crippen LogP contribution in [0.25, 0.3) is 0 Å². The Bertz CT molecular complexity index is 618. The molecule has 0 aliphatic heterocycles. The molecule has 1 N–H and O–H groups in total. The summed E-state index contributed by atoms with van der Waals surface area (Å²) >= 11 is 0. The van der Waals surface area contributed by atoms with Crippen LogP contribution in [0.15, 0.2) is 15.8 Å². The van der Waals surface area contributed by atoms with Gasteiger partial charge in [0.25, 0.3) is 5.56 Å². The number of aryl methyl sites for hydroxylation is 2. The van der Waals surface area contributed by atoms with E-state index < -0.39 is 0 Å². The van der Waals surface area contributed by atoms with Crippen molar-refractivity contribution >= 4 is 0 Å². The van der Waals surface area contributed by atoms with E-state index in [0.717, 1.165) is 12.8 Å². The fourth-order valence-electron chi connectivity index (χ4n) is 3.97. The molecule has 0 fully saturated rings. The topological polar surface area (TPSA) is 54.9 Å². The van der Waals surface area contributed by atoms with Crippen LogP contribution in [0, 0.1) is 6.92 Å². The summed E-state index contributed by atoms with van der Waals surface area (Å²) < 4.78 is 1.63. The molecule has 1 rings (SSSR count). The molecule has 1 aromatic heterocycles. The quantitative estimate of drug-likeness (QED) is 0.254. The smallest absolute Gasteiger partial charge is 0.300 e. The molecule has 0 saturated carbocycles. The van der Waals surface area contributed by atoms with E-state index in [1.54, 1.807) is 17.7 Å². The SMILES string of the molecule is CCCCCCCCCCCCCCCCCCCCn1cc(C)c(=O)[nH]c1=O. The zero-order valence-corrected chi connectivity index (χ0v) is 19.3. The molecule has 0 unspecified atom stereocenters. The monoisotopic (exact) mass is 406 g/mol. The van der Waals surface area contributed by atoms with Crippen LogP contribution in [0.4, 0.5) is 0 Å². The summed E-state index contributed by atoms with van der Waals surface area (Å²) in [6, 6.07) is 0. The van der Waals surface area contributed by atoms with Gasteiger partial charge >= 0.3 is 5.69 Å². The molecule has 168 valence electrons. The van der Waals surface area contributed by atoms with E-state index in [0.29, 0.717) is 12.1 Å². The first kappa shape index (κ1) is 25.7. The van der Waals surface area contributed by atoms with Crippen molar-refractivity contribution in [2.45, 2.75) is 136 Å². The molecular formula is C25H46N2O2. The minimum Gasteiger partial charge on any atom is -0.300 e. The van der Waals surface area contributed by atoms with Gasteiger partial charge in [-0.1, -0.05) is 116 Å². The van der Waals surface area contributed by atoms with Crippen LogP contribution in [0.5, 0.6) is 0 Å². The number of unbranched alkanes of at least 4 members (excludes halogenated alkanes) is 17. The largest absolute Gasteiger partial charge is 0.328 e. The van der Waals surface area contributed by atoms with Gasteiger partial charge in [0.05, 0.1) is 0 Å². The van der Waals surface area contributed by atoms with E-state index in [9.17, 15) is 9.59 Å². The van der Waals surface area contributed by atoms with Gasteiger partial charge in [-0.2, -0.15) is 0 Å². The molecule has 29 heavy (non-hydrogen) atoms. The molecule has 0 saturated heterocycles. The molecule has 4 heteroatoms. The highest BCUT2D eigenvalue weighted by molar-refractivity contribution is 5.00. The zero-order valence-electron chi connectivity index (χ0n) is 19.3. The lowest BCUT2D eigenvalue weighted by Crippen LogP contribution is -2.30. The summed E-state index contributed by atoms with van der Waals surface area (Å²) in [7, 11) is 0. The first-order valence-electron chi connectivity index (χ1n) is 12.5. The predicted molar refractivity (Wildman–Crippen MR) is 125 cm³/mol. The third kappa shape index (κ3) is 13.5. The third-order valence-electron chi connectivity index (χ3n) is 5.94. The highest BCUT2D eigenvalue weighted by Gasteiger charge is 2.00. The van der Waals surface area contributed by atoms with Crippen molar-refractivity contribution in [2.75, 3.05) is 0 Å². The van der Waals surface area contributed by atoms with Gasteiger partial charge < -0.3 is 4.57 Å². The molecule has 0 spiro atoms. The average Bonchev–Trinajstić information content (AvgIpc) is 2.70. The normalized spacial score (nSPS) is 11.2. The van der Waals surface area contributed by atoms with E-state index >= 15 is 0 Å². The van der Waals surface area contributed by atoms with Crippen LogP contribution in [0.3, 0.4) is 0 Å². The van der Waals surface area contributed by atoms with Crippen molar-refractivity contribution in [1.82, 2.24) is 9.55 Å². The van der Waals surface area contributed by atoms with Gasteiger partial charge in [-0.3, -0.25) is 9.78 Å². The molecule has 0 aromatic carbocycles. The van der Waals surface area contributed by atoms with Gasteiger partial charge in [0.15, 0.2) is 0 Å². The summed E-state index contributed by atoms with van der Waals surface area (Å²) in [5.74, 6) is 0. The Morgan fingerprint density at radius 1 is 0.655 bits per heavy atom. The number of nitrogens with zero attached hydrogens (tertiary/aromatic N) is 1. The van der Waals surface area contributed by atoms with E-state index in [1.165, 1.54) is 103 Å². The molecule has 1 aromatic rings. The Balaban J connectivity index is 1.82. The first-order valence-corrected chi connectivity index (χ1v) is 12.5. The van der Waals surface area contributed by atoms with Crippen molar-refractivity contribution in [3.05, 3.63) is 32.6 Å². The van der Waals surface area contributed by atoms with Gasteiger partial charge in [-0.25, -0.2) is 4.79 Å². The Labute approximate surface area is 178 Å². The second kappa shape index (κ2) is 17.5. The molecule has 4 nitrogen and oxygen atoms in total. The zero-order chi connectivity index (χ0) is 21.2. The maximum Gasteiger partial charge on any atom is 0.328 e. The van der Waals surface area contributed by atoms with Gasteiger partial charge in [0.1, 0.15) is 0 Å². The number of nitrogens with one attached hydrogen (secondary N) is 1. The third-order valence-corrected chi connectivity index (χ3v) is 5.94. The fourth-order valence-corrected chi connectivity index (χ4v) is 3.97. The van der Waals surface area contributed by atoms with Crippen LogP contribution >= 0.6 is 0 Å². The van der Waals surface area contributed by atoms with Crippen LogP contribution in [-0.2, 0) is 6.54 Å². The molecule has 0 atom stereocenters. The van der Waals surface area contributed by atoms with Crippen LogP contribution < -0.4 is 11.2 Å². The Morgan fingerprint density at radius 3 is 1.45 bits per heavy atom. The molecule has 0 aliphatic rings. The lowest BCUT2D eigenvalue weighted by atomic mass is 10.0. The number of aromatic nitrogens is 2. The lowest BCUT2D eigenvalue weighted by Gasteiger charge is -2.06. The summed E-state index contributed by atoms with van der Waals surface area (Å²) in [6.07, 6.45) is 26.2. The van der Waals surface area contributed by atoms with Crippen LogP contribution in [0.1, 0.15) is 128 Å². The Kier molecular flexibility index (Phi) is 15.5. The highest BCUT2D eigenvalue weighted by atomic mass is 16.2. The van der Waals surface area contributed by atoms with Crippen molar-refractivity contribution in [1.29, 1.82) is 0 Å². The van der Waals surface area contributed by atoms with Gasteiger partial charge in [0.2, 0.25) is 0 Å². The lowest BCUT2D eigenvalue weighted by molar-refractivity contribution is 0.514.